The van der Waals surface area contributed by atoms with Crippen LogP contribution in [0.3, 0.4) is 0 Å². The number of nitrogens with one attached hydrogen (secondary N) is 1. The normalized spacial score (nSPS) is 9.83. The fourth-order valence-electron chi connectivity index (χ4n) is 0.651. The van der Waals surface area contributed by atoms with Gasteiger partial charge in [0, 0.05) is 13.1 Å². The summed E-state index contributed by atoms with van der Waals surface area (Å²) in [6.07, 6.45) is 0. The van der Waals surface area contributed by atoms with E-state index in [1.807, 2.05) is 0 Å². The molecular weight excluding hydrogens is 160 g/mol. The number of carbonyl (C=O) groups is 1. The highest BCUT2D eigenvalue weighted by atomic mass is 16.5. The van der Waals surface area contributed by atoms with Crippen molar-refractivity contribution in [2.45, 2.75) is 6.92 Å². The molecule has 1 aromatic rings. The van der Waals surface area contributed by atoms with Crippen molar-refractivity contribution in [1.29, 1.82) is 0 Å². The first-order chi connectivity index (χ1) is 5.74. The predicted octanol–water partition coefficient (Wildman–Crippen LogP) is -0.933. The number of rotatable bonds is 3. The molecule has 0 fully saturated rings. The molecule has 12 heavy (non-hydrogen) atoms. The van der Waals surface area contributed by atoms with Gasteiger partial charge in [0.2, 0.25) is 0 Å². The highest BCUT2D eigenvalue weighted by Crippen LogP contribution is 1.94. The zero-order chi connectivity index (χ0) is 8.97. The van der Waals surface area contributed by atoms with E-state index in [0.717, 1.165) is 0 Å². The van der Waals surface area contributed by atoms with Crippen LogP contribution >= 0.6 is 0 Å². The van der Waals surface area contributed by atoms with Gasteiger partial charge in [0.25, 0.3) is 0 Å². The van der Waals surface area contributed by atoms with Gasteiger partial charge in [-0.3, -0.25) is 4.79 Å². The molecule has 0 unspecified atom stereocenters. The van der Waals surface area contributed by atoms with Crippen LogP contribution in [0.25, 0.3) is 0 Å². The maximum atomic E-state index is 11.1. The maximum Gasteiger partial charge on any atom is 0.315 e. The molecule has 6 heteroatoms. The number of aromatic nitrogens is 2. The summed E-state index contributed by atoms with van der Waals surface area (Å²) in [4.78, 5) is 14.8. The average Bonchev–Trinajstić information content (AvgIpc) is 2.47. The number of hydrogen-bond acceptors (Lipinski definition) is 5. The Morgan fingerprint density at radius 2 is 2.50 bits per heavy atom. The standard InChI is InChI=1S/C6H10N4O2/c1-4-9-6(12-10-4)5(11)8-3-2-7/h2-3,7H2,1H3,(H,8,11). The molecule has 1 aromatic heterocycles. The Morgan fingerprint density at radius 1 is 1.75 bits per heavy atom. The molecule has 1 heterocycles. The average molecular weight is 170 g/mol. The lowest BCUT2D eigenvalue weighted by atomic mass is 10.5. The minimum Gasteiger partial charge on any atom is -0.347 e. The van der Waals surface area contributed by atoms with Crippen molar-refractivity contribution in [3.63, 3.8) is 0 Å². The first kappa shape index (κ1) is 8.66. The molecule has 0 spiro atoms. The molecule has 66 valence electrons. The third kappa shape index (κ3) is 2.03. The fraction of sp³-hybridized carbons (Fsp3) is 0.500. The summed E-state index contributed by atoms with van der Waals surface area (Å²) in [5.41, 5.74) is 5.18. The Bertz CT molecular complexity index is 270. The summed E-state index contributed by atoms with van der Waals surface area (Å²) in [6, 6.07) is 0. The van der Waals surface area contributed by atoms with Crippen LogP contribution in [0.1, 0.15) is 16.5 Å². The minimum atomic E-state index is -0.388. The van der Waals surface area contributed by atoms with Gasteiger partial charge in [0.1, 0.15) is 0 Å². The quantitative estimate of drug-likeness (QED) is 0.611. The van der Waals surface area contributed by atoms with E-state index in [0.29, 0.717) is 18.9 Å². The summed E-state index contributed by atoms with van der Waals surface area (Å²) in [7, 11) is 0. The van der Waals surface area contributed by atoms with Gasteiger partial charge in [0.15, 0.2) is 5.82 Å². The van der Waals surface area contributed by atoms with E-state index in [-0.39, 0.29) is 11.8 Å². The van der Waals surface area contributed by atoms with Crippen molar-refractivity contribution in [1.82, 2.24) is 15.5 Å². The Kier molecular flexibility index (Phi) is 2.76. The highest BCUT2D eigenvalue weighted by molar-refractivity contribution is 5.89. The summed E-state index contributed by atoms with van der Waals surface area (Å²) in [5, 5.41) is 5.97. The molecule has 0 aliphatic rings. The smallest absolute Gasteiger partial charge is 0.315 e. The zero-order valence-electron chi connectivity index (χ0n) is 6.70. The Morgan fingerprint density at radius 3 is 3.00 bits per heavy atom. The molecule has 0 aromatic carbocycles. The van der Waals surface area contributed by atoms with Crippen LogP contribution in [0.4, 0.5) is 0 Å². The highest BCUT2D eigenvalue weighted by Gasteiger charge is 2.11. The summed E-state index contributed by atoms with van der Waals surface area (Å²) in [6.45, 7) is 2.43. The Balaban J connectivity index is 2.53. The maximum absolute atomic E-state index is 11.1. The lowest BCUT2D eigenvalue weighted by Crippen LogP contribution is -2.29. The van der Waals surface area contributed by atoms with Gasteiger partial charge in [-0.05, 0) is 6.92 Å². The van der Waals surface area contributed by atoms with Gasteiger partial charge in [-0.25, -0.2) is 0 Å². The van der Waals surface area contributed by atoms with Crippen molar-refractivity contribution in [2.75, 3.05) is 13.1 Å². The van der Waals surface area contributed by atoms with Crippen LogP contribution in [0.5, 0.6) is 0 Å². The second-order valence-electron chi connectivity index (χ2n) is 2.19. The third-order valence-electron chi connectivity index (χ3n) is 1.15. The predicted molar refractivity (Wildman–Crippen MR) is 40.4 cm³/mol. The van der Waals surface area contributed by atoms with Crippen LogP contribution < -0.4 is 11.1 Å². The Hall–Kier alpha value is -1.43. The number of carbonyl (C=O) groups excluding carboxylic acids is 1. The molecule has 0 aliphatic carbocycles. The number of aryl methyl sites for hydroxylation is 1. The van der Waals surface area contributed by atoms with Crippen molar-refractivity contribution < 1.29 is 9.32 Å². The van der Waals surface area contributed by atoms with Gasteiger partial charge >= 0.3 is 11.8 Å². The van der Waals surface area contributed by atoms with E-state index in [1.54, 1.807) is 6.92 Å². The molecule has 6 nitrogen and oxygen atoms in total. The largest absolute Gasteiger partial charge is 0.347 e. The van der Waals surface area contributed by atoms with E-state index in [4.69, 9.17) is 5.73 Å². The lowest BCUT2D eigenvalue weighted by molar-refractivity contribution is 0.0911. The van der Waals surface area contributed by atoms with Crippen LogP contribution in [0, 0.1) is 6.92 Å². The lowest BCUT2D eigenvalue weighted by Gasteiger charge is -1.96. The van der Waals surface area contributed by atoms with Crippen molar-refractivity contribution in [3.8, 4) is 0 Å². The van der Waals surface area contributed by atoms with Crippen molar-refractivity contribution in [2.24, 2.45) is 5.73 Å². The van der Waals surface area contributed by atoms with Crippen LogP contribution in [0.2, 0.25) is 0 Å². The summed E-state index contributed by atoms with van der Waals surface area (Å²) < 4.78 is 4.61. The van der Waals surface area contributed by atoms with Crippen LogP contribution in [0.15, 0.2) is 4.52 Å². The summed E-state index contributed by atoms with van der Waals surface area (Å²) in [5.74, 6) is 0.0231. The van der Waals surface area contributed by atoms with Gasteiger partial charge in [-0.15, -0.1) is 0 Å². The SMILES string of the molecule is Cc1noc(C(=O)NCCN)n1. The fourth-order valence-corrected chi connectivity index (χ4v) is 0.651. The van der Waals surface area contributed by atoms with E-state index in [1.165, 1.54) is 0 Å². The first-order valence-electron chi connectivity index (χ1n) is 3.52. The molecule has 1 rings (SSSR count). The van der Waals surface area contributed by atoms with Crippen LogP contribution in [-0.2, 0) is 0 Å². The zero-order valence-corrected chi connectivity index (χ0v) is 6.70. The topological polar surface area (TPSA) is 94.0 Å². The van der Waals surface area contributed by atoms with Gasteiger partial charge in [-0.2, -0.15) is 4.98 Å². The summed E-state index contributed by atoms with van der Waals surface area (Å²) >= 11 is 0. The monoisotopic (exact) mass is 170 g/mol. The second kappa shape index (κ2) is 3.82. The van der Waals surface area contributed by atoms with Crippen molar-refractivity contribution >= 4 is 5.91 Å². The van der Waals surface area contributed by atoms with E-state index >= 15 is 0 Å². The van der Waals surface area contributed by atoms with Gasteiger partial charge in [-0.1, -0.05) is 5.16 Å². The van der Waals surface area contributed by atoms with Gasteiger partial charge in [0.05, 0.1) is 0 Å². The third-order valence-corrected chi connectivity index (χ3v) is 1.15. The molecule has 1 amide bonds. The molecule has 0 bridgehead atoms. The molecule has 0 radical (unpaired) electrons. The number of nitrogens with zero attached hydrogens (tertiary/aromatic N) is 2. The number of hydrogen-bond donors (Lipinski definition) is 2. The molecular formula is C6H10N4O2. The van der Waals surface area contributed by atoms with E-state index < -0.39 is 0 Å². The van der Waals surface area contributed by atoms with Gasteiger partial charge < -0.3 is 15.6 Å². The number of amides is 1. The molecule has 0 saturated carbocycles. The molecule has 0 aliphatic heterocycles. The van der Waals surface area contributed by atoms with Crippen LogP contribution in [-0.4, -0.2) is 29.1 Å². The molecule has 3 N–H and O–H groups in total. The van der Waals surface area contributed by atoms with E-state index in [9.17, 15) is 4.79 Å². The number of nitrogens with two attached hydrogens (primary N) is 1. The Labute approximate surface area is 69.1 Å². The minimum absolute atomic E-state index is 0.0269. The molecule has 0 atom stereocenters. The first-order valence-corrected chi connectivity index (χ1v) is 3.52. The van der Waals surface area contributed by atoms with Crippen molar-refractivity contribution in [3.05, 3.63) is 11.7 Å². The molecule has 0 saturated heterocycles. The second-order valence-corrected chi connectivity index (χ2v) is 2.19. The van der Waals surface area contributed by atoms with E-state index in [2.05, 4.69) is 20.0 Å².